The average Bonchev–Trinajstić information content (AvgIpc) is 2.83. The molecule has 1 aliphatic heterocycles. The molecule has 0 fully saturated rings. The van der Waals surface area contributed by atoms with E-state index in [2.05, 4.69) is 5.10 Å². The van der Waals surface area contributed by atoms with Crippen molar-refractivity contribution in [3.05, 3.63) is 45.5 Å². The van der Waals surface area contributed by atoms with Crippen LogP contribution in [-0.4, -0.2) is 21.7 Å². The number of amides is 1. The van der Waals surface area contributed by atoms with E-state index in [0.717, 1.165) is 5.01 Å². The van der Waals surface area contributed by atoms with E-state index in [-0.39, 0.29) is 29.2 Å². The molecule has 1 amide bonds. The van der Waals surface area contributed by atoms with Gasteiger partial charge < -0.3 is 5.73 Å². The number of carbonyl (C=O) groups excluding carboxylic acids is 1. The second-order valence-electron chi connectivity index (χ2n) is 4.20. The summed E-state index contributed by atoms with van der Waals surface area (Å²) >= 11 is 0. The van der Waals surface area contributed by atoms with Gasteiger partial charge in [-0.25, -0.2) is 0 Å². The lowest BCUT2D eigenvalue weighted by Gasteiger charge is -2.16. The molecule has 0 spiro atoms. The van der Waals surface area contributed by atoms with Gasteiger partial charge in [0.2, 0.25) is 0 Å². The van der Waals surface area contributed by atoms with Crippen molar-refractivity contribution in [1.29, 1.82) is 10.5 Å². The number of benzene rings is 1. The van der Waals surface area contributed by atoms with Gasteiger partial charge in [0.1, 0.15) is 23.7 Å². The van der Waals surface area contributed by atoms with Crippen LogP contribution >= 0.6 is 0 Å². The van der Waals surface area contributed by atoms with E-state index in [1.165, 1.54) is 24.3 Å². The Hall–Kier alpha value is -3.72. The number of carbonyl (C=O) groups is 1. The van der Waals surface area contributed by atoms with Crippen LogP contribution in [0.25, 0.3) is 5.70 Å². The number of para-hydroxylation sites is 1. The lowest BCUT2D eigenvalue weighted by Crippen LogP contribution is -2.21. The van der Waals surface area contributed by atoms with Crippen molar-refractivity contribution >= 4 is 23.1 Å². The monoisotopic (exact) mass is 296 g/mol. The van der Waals surface area contributed by atoms with Crippen LogP contribution in [0.5, 0.6) is 0 Å². The first-order valence-electron chi connectivity index (χ1n) is 5.93. The molecule has 1 aromatic rings. The SMILES string of the molecule is N#CC(C#N)=C(c1ccccc1[N+](=O)[O-])N1N=C(N)CC1=O. The summed E-state index contributed by atoms with van der Waals surface area (Å²) in [5, 5.41) is 33.8. The Balaban J connectivity index is 2.77. The largest absolute Gasteiger partial charge is 0.385 e. The molecular formula is C13H8N6O3. The van der Waals surface area contributed by atoms with Gasteiger partial charge in [0, 0.05) is 6.07 Å². The number of nitriles is 2. The second-order valence-corrected chi connectivity index (χ2v) is 4.20. The third-order valence-electron chi connectivity index (χ3n) is 2.83. The number of allylic oxidation sites excluding steroid dienone is 1. The highest BCUT2D eigenvalue weighted by atomic mass is 16.6. The lowest BCUT2D eigenvalue weighted by molar-refractivity contribution is -0.385. The van der Waals surface area contributed by atoms with Gasteiger partial charge in [-0.1, -0.05) is 12.1 Å². The van der Waals surface area contributed by atoms with E-state index >= 15 is 0 Å². The minimum absolute atomic E-state index is 0.00341. The Morgan fingerprint density at radius 1 is 1.36 bits per heavy atom. The van der Waals surface area contributed by atoms with Crippen molar-refractivity contribution in [2.45, 2.75) is 6.42 Å². The van der Waals surface area contributed by atoms with Crippen molar-refractivity contribution in [2.24, 2.45) is 10.8 Å². The molecule has 9 nitrogen and oxygen atoms in total. The summed E-state index contributed by atoms with van der Waals surface area (Å²) in [6.45, 7) is 0. The molecule has 108 valence electrons. The Morgan fingerprint density at radius 2 is 2.00 bits per heavy atom. The van der Waals surface area contributed by atoms with Gasteiger partial charge in [0.05, 0.1) is 16.9 Å². The number of nitrogens with zero attached hydrogens (tertiary/aromatic N) is 5. The summed E-state index contributed by atoms with van der Waals surface area (Å²) in [6.07, 6.45) is -0.186. The minimum Gasteiger partial charge on any atom is -0.385 e. The standard InChI is InChI=1S/C13H8N6O3/c14-6-8(7-15)13(18-12(20)5-11(16)17-18)9-3-1-2-4-10(9)19(21)22/h1-4H,5H2,(H2,16,17). The van der Waals surface area contributed by atoms with E-state index in [9.17, 15) is 14.9 Å². The van der Waals surface area contributed by atoms with E-state index < -0.39 is 16.4 Å². The smallest absolute Gasteiger partial charge is 0.278 e. The third kappa shape index (κ3) is 2.46. The number of hydrogen-bond donors (Lipinski definition) is 1. The van der Waals surface area contributed by atoms with Crippen molar-refractivity contribution in [3.63, 3.8) is 0 Å². The van der Waals surface area contributed by atoms with Crippen LogP contribution < -0.4 is 5.73 Å². The maximum absolute atomic E-state index is 11.9. The zero-order chi connectivity index (χ0) is 16.3. The van der Waals surface area contributed by atoms with Gasteiger partial charge in [-0.2, -0.15) is 20.6 Å². The molecule has 0 atom stereocenters. The predicted molar refractivity (Wildman–Crippen MR) is 74.3 cm³/mol. The Bertz CT molecular complexity index is 796. The van der Waals surface area contributed by atoms with E-state index in [1.54, 1.807) is 12.1 Å². The van der Waals surface area contributed by atoms with Gasteiger partial charge in [0.15, 0.2) is 5.57 Å². The van der Waals surface area contributed by atoms with Gasteiger partial charge in [-0.15, -0.1) is 0 Å². The van der Waals surface area contributed by atoms with Gasteiger partial charge in [0.25, 0.3) is 11.6 Å². The first kappa shape index (κ1) is 14.7. The molecule has 0 bridgehead atoms. The number of rotatable bonds is 3. The summed E-state index contributed by atoms with van der Waals surface area (Å²) in [5.74, 6) is -0.579. The van der Waals surface area contributed by atoms with Gasteiger partial charge >= 0.3 is 0 Å². The zero-order valence-corrected chi connectivity index (χ0v) is 11.1. The fraction of sp³-hybridized carbons (Fsp3) is 0.0769. The second kappa shape index (κ2) is 5.73. The molecule has 1 heterocycles. The predicted octanol–water partition coefficient (Wildman–Crippen LogP) is 0.858. The maximum atomic E-state index is 11.9. The summed E-state index contributed by atoms with van der Waals surface area (Å²) in [4.78, 5) is 22.4. The average molecular weight is 296 g/mol. The van der Waals surface area contributed by atoms with Crippen LogP contribution in [0.3, 0.4) is 0 Å². The lowest BCUT2D eigenvalue weighted by atomic mass is 10.0. The molecule has 0 aromatic heterocycles. The van der Waals surface area contributed by atoms with Crippen molar-refractivity contribution in [2.75, 3.05) is 0 Å². The normalized spacial score (nSPS) is 13.1. The highest BCUT2D eigenvalue weighted by Crippen LogP contribution is 2.32. The molecule has 0 aliphatic carbocycles. The van der Waals surface area contributed by atoms with E-state index in [1.807, 2.05) is 0 Å². The third-order valence-corrected chi connectivity index (χ3v) is 2.83. The number of amidine groups is 1. The van der Waals surface area contributed by atoms with Crippen LogP contribution in [0.1, 0.15) is 12.0 Å². The van der Waals surface area contributed by atoms with E-state index in [0.29, 0.717) is 0 Å². The quantitative estimate of drug-likeness (QED) is 0.496. The van der Waals surface area contributed by atoms with Crippen LogP contribution in [-0.2, 0) is 4.79 Å². The van der Waals surface area contributed by atoms with E-state index in [4.69, 9.17) is 16.3 Å². The zero-order valence-electron chi connectivity index (χ0n) is 11.1. The molecule has 0 radical (unpaired) electrons. The molecule has 2 N–H and O–H groups in total. The number of hydrazone groups is 1. The Morgan fingerprint density at radius 3 is 2.50 bits per heavy atom. The molecule has 2 rings (SSSR count). The number of nitro benzene ring substituents is 1. The number of hydrogen-bond acceptors (Lipinski definition) is 7. The molecule has 22 heavy (non-hydrogen) atoms. The van der Waals surface area contributed by atoms with Gasteiger partial charge in [-0.05, 0) is 6.07 Å². The highest BCUT2D eigenvalue weighted by Gasteiger charge is 2.32. The molecule has 9 heteroatoms. The number of nitrogens with two attached hydrogens (primary N) is 1. The maximum Gasteiger partial charge on any atom is 0.278 e. The minimum atomic E-state index is -0.671. The summed E-state index contributed by atoms with van der Waals surface area (Å²) in [5.41, 5.74) is 4.35. The van der Waals surface area contributed by atoms with Crippen LogP contribution in [0, 0.1) is 32.8 Å². The number of nitro groups is 1. The molecule has 0 saturated heterocycles. The topological polar surface area (TPSA) is 149 Å². The van der Waals surface area contributed by atoms with Gasteiger partial charge in [-0.3, -0.25) is 14.9 Å². The molecule has 1 aliphatic rings. The first-order chi connectivity index (χ1) is 10.5. The van der Waals surface area contributed by atoms with Crippen molar-refractivity contribution < 1.29 is 9.72 Å². The van der Waals surface area contributed by atoms with Crippen LogP contribution in [0.2, 0.25) is 0 Å². The molecule has 0 saturated carbocycles. The fourth-order valence-electron chi connectivity index (χ4n) is 1.94. The molecular weight excluding hydrogens is 288 g/mol. The first-order valence-corrected chi connectivity index (χ1v) is 5.93. The summed E-state index contributed by atoms with van der Waals surface area (Å²) < 4.78 is 0. The van der Waals surface area contributed by atoms with Crippen LogP contribution in [0.15, 0.2) is 34.9 Å². The molecule has 1 aromatic carbocycles. The Labute approximate surface area is 124 Å². The summed E-state index contributed by atoms with van der Waals surface area (Å²) in [7, 11) is 0. The fourth-order valence-corrected chi connectivity index (χ4v) is 1.94. The van der Waals surface area contributed by atoms with Crippen LogP contribution in [0.4, 0.5) is 5.69 Å². The highest BCUT2D eigenvalue weighted by molar-refractivity contribution is 6.07. The molecule has 0 unspecified atom stereocenters. The Kier molecular flexibility index (Phi) is 3.82. The summed E-state index contributed by atoms with van der Waals surface area (Å²) in [6, 6.07) is 8.70. The van der Waals surface area contributed by atoms with Crippen molar-refractivity contribution in [1.82, 2.24) is 5.01 Å². The van der Waals surface area contributed by atoms with Crippen molar-refractivity contribution in [3.8, 4) is 12.1 Å².